The predicted octanol–water partition coefficient (Wildman–Crippen LogP) is 3.44. The van der Waals surface area contributed by atoms with Gasteiger partial charge in [0.25, 0.3) is 0 Å². The molecule has 0 unspecified atom stereocenters. The lowest BCUT2D eigenvalue weighted by atomic mass is 10.1. The third kappa shape index (κ3) is 4.00. The molecule has 1 aromatic heterocycles. The molecule has 0 radical (unpaired) electrons. The fourth-order valence-corrected chi connectivity index (χ4v) is 2.90. The zero-order chi connectivity index (χ0) is 17.8. The van der Waals surface area contributed by atoms with E-state index in [1.165, 1.54) is 0 Å². The van der Waals surface area contributed by atoms with Crippen LogP contribution in [0.3, 0.4) is 0 Å². The molecule has 0 aliphatic heterocycles. The maximum Gasteiger partial charge on any atom is 0.336 e. The van der Waals surface area contributed by atoms with Crippen LogP contribution in [0.4, 0.5) is 0 Å². The van der Waals surface area contributed by atoms with Crippen LogP contribution in [-0.2, 0) is 13.1 Å². The van der Waals surface area contributed by atoms with Gasteiger partial charge in [0.05, 0.1) is 14.2 Å². The maximum absolute atomic E-state index is 11.9. The van der Waals surface area contributed by atoms with Gasteiger partial charge in [-0.2, -0.15) is 0 Å². The predicted molar refractivity (Wildman–Crippen MR) is 97.2 cm³/mol. The molecule has 25 heavy (non-hydrogen) atoms. The maximum atomic E-state index is 11.9. The average Bonchev–Trinajstić information content (AvgIpc) is 2.61. The molecule has 0 aliphatic rings. The fraction of sp³-hybridized carbons (Fsp3) is 0.250. The van der Waals surface area contributed by atoms with E-state index in [0.717, 1.165) is 28.8 Å². The minimum atomic E-state index is -0.356. The molecule has 1 heterocycles. The lowest BCUT2D eigenvalue weighted by Gasteiger charge is -2.18. The number of nitrogens with zero attached hydrogens (tertiary/aromatic N) is 1. The molecule has 0 saturated heterocycles. The van der Waals surface area contributed by atoms with Gasteiger partial charge in [0, 0.05) is 30.6 Å². The van der Waals surface area contributed by atoms with Crippen molar-refractivity contribution in [3.63, 3.8) is 0 Å². The Morgan fingerprint density at radius 3 is 2.48 bits per heavy atom. The van der Waals surface area contributed by atoms with Crippen molar-refractivity contribution in [2.45, 2.75) is 13.1 Å². The minimum absolute atomic E-state index is 0.356. The van der Waals surface area contributed by atoms with Gasteiger partial charge < -0.3 is 13.9 Å². The summed E-state index contributed by atoms with van der Waals surface area (Å²) < 4.78 is 15.8. The van der Waals surface area contributed by atoms with E-state index in [1.807, 2.05) is 37.4 Å². The monoisotopic (exact) mass is 339 g/mol. The minimum Gasteiger partial charge on any atom is -0.497 e. The summed E-state index contributed by atoms with van der Waals surface area (Å²) in [5, 5.41) is 0.915. The first kappa shape index (κ1) is 17.0. The second kappa shape index (κ2) is 7.40. The van der Waals surface area contributed by atoms with Crippen molar-refractivity contribution in [3.05, 3.63) is 70.1 Å². The summed E-state index contributed by atoms with van der Waals surface area (Å²) in [6, 6.07) is 15.0. The van der Waals surface area contributed by atoms with E-state index in [0.29, 0.717) is 17.9 Å². The molecular weight excluding hydrogens is 318 g/mol. The quantitative estimate of drug-likeness (QED) is 0.644. The van der Waals surface area contributed by atoms with Crippen molar-refractivity contribution >= 4 is 11.0 Å². The number of hydrogen-bond donors (Lipinski definition) is 0. The first-order valence-electron chi connectivity index (χ1n) is 8.01. The highest BCUT2D eigenvalue weighted by Gasteiger charge is 2.10. The lowest BCUT2D eigenvalue weighted by molar-refractivity contribution is 0.318. The summed E-state index contributed by atoms with van der Waals surface area (Å²) in [6.07, 6.45) is 0. The summed E-state index contributed by atoms with van der Waals surface area (Å²) >= 11 is 0. The molecule has 0 spiro atoms. The van der Waals surface area contributed by atoms with Crippen LogP contribution in [-0.4, -0.2) is 26.2 Å². The molecule has 5 heteroatoms. The fourth-order valence-electron chi connectivity index (χ4n) is 2.90. The third-order valence-electron chi connectivity index (χ3n) is 4.06. The van der Waals surface area contributed by atoms with Crippen LogP contribution in [0.15, 0.2) is 57.7 Å². The van der Waals surface area contributed by atoms with E-state index in [-0.39, 0.29) is 5.63 Å². The molecule has 0 atom stereocenters. The number of rotatable bonds is 6. The number of hydrogen-bond acceptors (Lipinski definition) is 5. The van der Waals surface area contributed by atoms with Gasteiger partial charge in [-0.15, -0.1) is 0 Å². The molecule has 0 bridgehead atoms. The molecule has 3 aromatic rings. The van der Waals surface area contributed by atoms with Gasteiger partial charge in [0.1, 0.15) is 17.1 Å². The molecule has 0 aliphatic carbocycles. The highest BCUT2D eigenvalue weighted by molar-refractivity contribution is 5.81. The summed E-state index contributed by atoms with van der Waals surface area (Å²) in [6.45, 7) is 1.38. The number of benzene rings is 2. The van der Waals surface area contributed by atoms with E-state index in [4.69, 9.17) is 13.9 Å². The molecule has 5 nitrogen and oxygen atoms in total. The summed E-state index contributed by atoms with van der Waals surface area (Å²) in [5.74, 6) is 1.50. The molecular formula is C20H21NO4. The number of methoxy groups -OCH3 is 2. The third-order valence-corrected chi connectivity index (χ3v) is 4.06. The molecule has 0 fully saturated rings. The molecule has 130 valence electrons. The Hall–Kier alpha value is -2.79. The van der Waals surface area contributed by atoms with E-state index >= 15 is 0 Å². The van der Waals surface area contributed by atoms with Crippen LogP contribution in [0.25, 0.3) is 11.0 Å². The Kier molecular flexibility index (Phi) is 5.05. The Morgan fingerprint density at radius 1 is 0.960 bits per heavy atom. The highest BCUT2D eigenvalue weighted by atomic mass is 16.5. The van der Waals surface area contributed by atoms with E-state index in [2.05, 4.69) is 11.0 Å². The van der Waals surface area contributed by atoms with Gasteiger partial charge in [-0.05, 0) is 42.4 Å². The Bertz CT molecular complexity index is 932. The smallest absolute Gasteiger partial charge is 0.336 e. The van der Waals surface area contributed by atoms with E-state index in [1.54, 1.807) is 26.4 Å². The van der Waals surface area contributed by atoms with Crippen molar-refractivity contribution in [2.75, 3.05) is 21.3 Å². The summed E-state index contributed by atoms with van der Waals surface area (Å²) in [4.78, 5) is 14.0. The van der Waals surface area contributed by atoms with Crippen LogP contribution in [0.2, 0.25) is 0 Å². The SMILES string of the molecule is COc1cccc(CN(C)Cc2cc(=O)oc3cc(OC)ccc23)c1. The molecule has 0 amide bonds. The number of fused-ring (bicyclic) bond motifs is 1. The van der Waals surface area contributed by atoms with Gasteiger partial charge >= 0.3 is 5.63 Å². The van der Waals surface area contributed by atoms with E-state index in [9.17, 15) is 4.79 Å². The Labute approximate surface area is 146 Å². The zero-order valence-electron chi connectivity index (χ0n) is 14.6. The standard InChI is InChI=1S/C20H21NO4/c1-21(12-14-5-4-6-16(9-14)23-2)13-15-10-20(22)25-19-11-17(24-3)7-8-18(15)19/h4-11H,12-13H2,1-3H3. The highest BCUT2D eigenvalue weighted by Crippen LogP contribution is 2.23. The molecule has 0 N–H and O–H groups in total. The first-order valence-corrected chi connectivity index (χ1v) is 8.01. The van der Waals surface area contributed by atoms with Crippen molar-refractivity contribution in [3.8, 4) is 11.5 Å². The van der Waals surface area contributed by atoms with Gasteiger partial charge in [0.15, 0.2) is 0 Å². The van der Waals surface area contributed by atoms with Crippen molar-refractivity contribution in [1.29, 1.82) is 0 Å². The van der Waals surface area contributed by atoms with Gasteiger partial charge in [0.2, 0.25) is 0 Å². The second-order valence-corrected chi connectivity index (χ2v) is 5.98. The Balaban J connectivity index is 1.85. The molecule has 0 saturated carbocycles. The largest absolute Gasteiger partial charge is 0.497 e. The van der Waals surface area contributed by atoms with Crippen LogP contribution in [0.5, 0.6) is 11.5 Å². The van der Waals surface area contributed by atoms with Gasteiger partial charge in [-0.3, -0.25) is 4.90 Å². The average molecular weight is 339 g/mol. The second-order valence-electron chi connectivity index (χ2n) is 5.98. The normalized spacial score (nSPS) is 11.0. The van der Waals surface area contributed by atoms with Crippen molar-refractivity contribution in [2.24, 2.45) is 0 Å². The van der Waals surface area contributed by atoms with E-state index < -0.39 is 0 Å². The van der Waals surface area contributed by atoms with Gasteiger partial charge in [-0.25, -0.2) is 4.79 Å². The van der Waals surface area contributed by atoms with Crippen LogP contribution in [0.1, 0.15) is 11.1 Å². The topological polar surface area (TPSA) is 51.9 Å². The first-order chi connectivity index (χ1) is 12.1. The van der Waals surface area contributed by atoms with Crippen LogP contribution < -0.4 is 15.1 Å². The zero-order valence-corrected chi connectivity index (χ0v) is 14.6. The summed E-state index contributed by atoms with van der Waals surface area (Å²) in [5.41, 5.74) is 2.26. The summed E-state index contributed by atoms with van der Waals surface area (Å²) in [7, 11) is 5.26. The van der Waals surface area contributed by atoms with Crippen LogP contribution in [0, 0.1) is 0 Å². The Morgan fingerprint density at radius 2 is 1.72 bits per heavy atom. The van der Waals surface area contributed by atoms with Crippen molar-refractivity contribution in [1.82, 2.24) is 4.90 Å². The lowest BCUT2D eigenvalue weighted by Crippen LogP contribution is -2.18. The molecule has 3 rings (SSSR count). The van der Waals surface area contributed by atoms with Gasteiger partial charge in [-0.1, -0.05) is 12.1 Å². The van der Waals surface area contributed by atoms with Crippen LogP contribution >= 0.6 is 0 Å². The number of ether oxygens (including phenoxy) is 2. The molecule has 2 aromatic carbocycles. The van der Waals surface area contributed by atoms with Crippen molar-refractivity contribution < 1.29 is 13.9 Å².